The maximum absolute atomic E-state index is 12.6. The molecule has 0 aromatic heterocycles. The number of hydrogen-bond acceptors (Lipinski definition) is 3. The number of ether oxygens (including phenoxy) is 1. The van der Waals surface area contributed by atoms with Gasteiger partial charge in [-0.15, -0.1) is 0 Å². The van der Waals surface area contributed by atoms with Crippen LogP contribution in [0.3, 0.4) is 0 Å². The van der Waals surface area contributed by atoms with Crippen molar-refractivity contribution in [3.8, 4) is 5.75 Å². The van der Waals surface area contributed by atoms with Gasteiger partial charge in [-0.05, 0) is 35.4 Å². The van der Waals surface area contributed by atoms with Crippen molar-refractivity contribution in [2.24, 2.45) is 5.10 Å². The normalized spacial score (nSPS) is 11.0. The highest BCUT2D eigenvalue weighted by Crippen LogP contribution is 2.19. The number of para-hydroxylation sites is 1. The van der Waals surface area contributed by atoms with Crippen LogP contribution in [0.15, 0.2) is 71.8 Å². The van der Waals surface area contributed by atoms with E-state index in [1.54, 1.807) is 12.3 Å². The molecule has 0 aliphatic heterocycles. The molecule has 0 aliphatic rings. The Hall–Kier alpha value is -3.14. The van der Waals surface area contributed by atoms with Gasteiger partial charge in [0.15, 0.2) is 0 Å². The Bertz CT molecular complexity index is 945. The molecule has 3 aromatic carbocycles. The third-order valence-electron chi connectivity index (χ3n) is 4.58. The van der Waals surface area contributed by atoms with Crippen LogP contribution in [-0.2, 0) is 0 Å². The zero-order valence-electron chi connectivity index (χ0n) is 16.2. The summed E-state index contributed by atoms with van der Waals surface area (Å²) < 4.78 is 5.88. The smallest absolute Gasteiger partial charge is 0.271 e. The molecular formula is C24H26N2O2. The molecule has 0 saturated carbocycles. The van der Waals surface area contributed by atoms with Gasteiger partial charge in [-0.3, -0.25) is 4.79 Å². The molecule has 4 nitrogen and oxygen atoms in total. The molecule has 0 fully saturated rings. The molecule has 3 rings (SSSR count). The van der Waals surface area contributed by atoms with Crippen LogP contribution < -0.4 is 10.2 Å². The van der Waals surface area contributed by atoms with E-state index in [0.29, 0.717) is 12.2 Å². The van der Waals surface area contributed by atoms with Crippen molar-refractivity contribution >= 4 is 22.9 Å². The van der Waals surface area contributed by atoms with E-state index in [1.165, 1.54) is 19.3 Å². The van der Waals surface area contributed by atoms with Crippen LogP contribution in [-0.4, -0.2) is 18.7 Å². The molecule has 0 aliphatic carbocycles. The molecule has 1 N–H and O–H groups in total. The second-order valence-corrected chi connectivity index (χ2v) is 6.67. The lowest BCUT2D eigenvalue weighted by atomic mass is 10.0. The summed E-state index contributed by atoms with van der Waals surface area (Å²) in [5.41, 5.74) is 4.08. The number of nitrogens with one attached hydrogen (secondary N) is 1. The number of amides is 1. The van der Waals surface area contributed by atoms with Crippen LogP contribution >= 0.6 is 0 Å². The Morgan fingerprint density at radius 1 is 0.964 bits per heavy atom. The molecule has 0 saturated heterocycles. The van der Waals surface area contributed by atoms with Gasteiger partial charge < -0.3 is 4.74 Å². The maximum Gasteiger partial charge on any atom is 0.271 e. The van der Waals surface area contributed by atoms with Crippen LogP contribution in [0.25, 0.3) is 10.8 Å². The summed E-state index contributed by atoms with van der Waals surface area (Å²) in [6.07, 6.45) is 6.28. The molecule has 3 aromatic rings. The topological polar surface area (TPSA) is 50.7 Å². The zero-order chi connectivity index (χ0) is 19.6. The number of nitrogens with zero attached hydrogens (tertiary/aromatic N) is 1. The first kappa shape index (κ1) is 19.6. The van der Waals surface area contributed by atoms with Crippen LogP contribution in [0.4, 0.5) is 0 Å². The van der Waals surface area contributed by atoms with E-state index >= 15 is 0 Å². The molecule has 144 valence electrons. The van der Waals surface area contributed by atoms with E-state index in [9.17, 15) is 4.79 Å². The standard InChI is InChI=1S/C24H26N2O2/c1-2-3-4-9-17-28-23-16-8-6-12-20(23)18-25-26-24(27)22-15-10-13-19-11-5-7-14-21(19)22/h5-8,10-16,18H,2-4,9,17H2,1H3,(H,26,27)/b25-18-. The Morgan fingerprint density at radius 3 is 2.64 bits per heavy atom. The molecule has 0 heterocycles. The summed E-state index contributed by atoms with van der Waals surface area (Å²) in [7, 11) is 0. The number of benzene rings is 3. The summed E-state index contributed by atoms with van der Waals surface area (Å²) >= 11 is 0. The first-order chi connectivity index (χ1) is 13.8. The lowest BCUT2D eigenvalue weighted by Crippen LogP contribution is -2.18. The fourth-order valence-corrected chi connectivity index (χ4v) is 3.07. The maximum atomic E-state index is 12.6. The minimum atomic E-state index is -0.231. The number of carbonyl (C=O) groups excluding carboxylic acids is 1. The lowest BCUT2D eigenvalue weighted by Gasteiger charge is -2.09. The summed E-state index contributed by atoms with van der Waals surface area (Å²) in [4.78, 5) is 12.6. The number of carbonyl (C=O) groups is 1. The monoisotopic (exact) mass is 374 g/mol. The number of fused-ring (bicyclic) bond motifs is 1. The molecule has 1 amide bonds. The highest BCUT2D eigenvalue weighted by Gasteiger charge is 2.08. The predicted molar refractivity (Wildman–Crippen MR) is 115 cm³/mol. The summed E-state index contributed by atoms with van der Waals surface area (Å²) in [6, 6.07) is 21.2. The Labute approximate surface area is 166 Å². The van der Waals surface area contributed by atoms with Gasteiger partial charge in [-0.1, -0.05) is 74.7 Å². The Balaban J connectivity index is 1.63. The molecule has 0 unspecified atom stereocenters. The predicted octanol–water partition coefficient (Wildman–Crippen LogP) is 5.56. The molecule has 4 heteroatoms. The number of unbranched alkanes of at least 4 members (excludes halogenated alkanes) is 3. The van der Waals surface area contributed by atoms with E-state index in [1.807, 2.05) is 60.7 Å². The van der Waals surface area contributed by atoms with E-state index in [0.717, 1.165) is 28.5 Å². The molecular weight excluding hydrogens is 348 g/mol. The van der Waals surface area contributed by atoms with Crippen molar-refractivity contribution in [1.29, 1.82) is 0 Å². The molecule has 0 bridgehead atoms. The van der Waals surface area contributed by atoms with E-state index in [-0.39, 0.29) is 5.91 Å². The van der Waals surface area contributed by atoms with Crippen LogP contribution in [0.5, 0.6) is 5.75 Å². The van der Waals surface area contributed by atoms with Gasteiger partial charge in [0, 0.05) is 11.1 Å². The van der Waals surface area contributed by atoms with Crippen LogP contribution in [0.2, 0.25) is 0 Å². The van der Waals surface area contributed by atoms with Gasteiger partial charge in [-0.2, -0.15) is 5.10 Å². The number of hydrazone groups is 1. The van der Waals surface area contributed by atoms with Crippen molar-refractivity contribution in [3.63, 3.8) is 0 Å². The summed E-state index contributed by atoms with van der Waals surface area (Å²) in [5.74, 6) is 0.549. The second kappa shape index (κ2) is 10.3. The quantitative estimate of drug-likeness (QED) is 0.303. The van der Waals surface area contributed by atoms with Crippen molar-refractivity contribution < 1.29 is 9.53 Å². The molecule has 0 radical (unpaired) electrons. The third-order valence-corrected chi connectivity index (χ3v) is 4.58. The second-order valence-electron chi connectivity index (χ2n) is 6.67. The average molecular weight is 374 g/mol. The van der Waals surface area contributed by atoms with Crippen molar-refractivity contribution in [2.75, 3.05) is 6.61 Å². The van der Waals surface area contributed by atoms with Crippen molar-refractivity contribution in [3.05, 3.63) is 77.9 Å². The van der Waals surface area contributed by atoms with Gasteiger partial charge in [0.1, 0.15) is 5.75 Å². The van der Waals surface area contributed by atoms with E-state index < -0.39 is 0 Å². The van der Waals surface area contributed by atoms with Gasteiger partial charge in [0.2, 0.25) is 0 Å². The van der Waals surface area contributed by atoms with Crippen LogP contribution in [0, 0.1) is 0 Å². The number of rotatable bonds is 9. The first-order valence-corrected chi connectivity index (χ1v) is 9.82. The van der Waals surface area contributed by atoms with Crippen LogP contribution in [0.1, 0.15) is 48.5 Å². The van der Waals surface area contributed by atoms with Gasteiger partial charge in [0.05, 0.1) is 12.8 Å². The Kier molecular flexibility index (Phi) is 7.19. The lowest BCUT2D eigenvalue weighted by molar-refractivity contribution is 0.0957. The van der Waals surface area contributed by atoms with Crippen molar-refractivity contribution in [2.45, 2.75) is 32.6 Å². The van der Waals surface area contributed by atoms with E-state index in [4.69, 9.17) is 4.74 Å². The van der Waals surface area contributed by atoms with Gasteiger partial charge in [0.25, 0.3) is 5.91 Å². The highest BCUT2D eigenvalue weighted by molar-refractivity contribution is 6.07. The zero-order valence-corrected chi connectivity index (χ0v) is 16.2. The van der Waals surface area contributed by atoms with Crippen molar-refractivity contribution in [1.82, 2.24) is 5.43 Å². The fourth-order valence-electron chi connectivity index (χ4n) is 3.07. The fraction of sp³-hybridized carbons (Fsp3) is 0.250. The SMILES string of the molecule is CCCCCCOc1ccccc1/C=N\NC(=O)c1cccc2ccccc12. The average Bonchev–Trinajstić information content (AvgIpc) is 2.74. The molecule has 0 spiro atoms. The number of hydrogen-bond donors (Lipinski definition) is 1. The minimum Gasteiger partial charge on any atom is -0.493 e. The molecule has 0 atom stereocenters. The van der Waals surface area contributed by atoms with Gasteiger partial charge in [-0.25, -0.2) is 5.43 Å². The van der Waals surface area contributed by atoms with Gasteiger partial charge >= 0.3 is 0 Å². The largest absolute Gasteiger partial charge is 0.493 e. The van der Waals surface area contributed by atoms with E-state index in [2.05, 4.69) is 17.5 Å². The summed E-state index contributed by atoms with van der Waals surface area (Å²) in [6.45, 7) is 2.88. The third kappa shape index (κ3) is 5.19. The highest BCUT2D eigenvalue weighted by atomic mass is 16.5. The molecule has 28 heavy (non-hydrogen) atoms. The Morgan fingerprint density at radius 2 is 1.75 bits per heavy atom. The summed E-state index contributed by atoms with van der Waals surface area (Å²) in [5, 5.41) is 6.08. The first-order valence-electron chi connectivity index (χ1n) is 9.82. The minimum absolute atomic E-state index is 0.231.